The average Bonchev–Trinajstić information content (AvgIpc) is 2.12. The highest BCUT2D eigenvalue weighted by molar-refractivity contribution is 6.79. The Balaban J connectivity index is 2.82. The Morgan fingerprint density at radius 2 is 0.778 bits per heavy atom. The predicted molar refractivity (Wildman–Crippen MR) is 78.8 cm³/mol. The van der Waals surface area contributed by atoms with Crippen molar-refractivity contribution in [2.75, 3.05) is 0 Å². The number of rotatable bonds is 3. The van der Waals surface area contributed by atoms with Crippen LogP contribution in [0.15, 0.2) is 34.6 Å². The molecule has 0 spiro atoms. The van der Waals surface area contributed by atoms with E-state index in [1.807, 2.05) is 59.5 Å². The smallest absolute Gasteiger partial charge is 0.445 e. The highest BCUT2D eigenvalue weighted by atomic mass is 16.7. The van der Waals surface area contributed by atoms with Crippen molar-refractivity contribution in [2.45, 2.75) is 41.5 Å². The van der Waals surface area contributed by atoms with E-state index in [0.29, 0.717) is 0 Å². The minimum Gasteiger partial charge on any atom is -0.445 e. The van der Waals surface area contributed by atoms with E-state index >= 15 is 0 Å². The van der Waals surface area contributed by atoms with Crippen LogP contribution >= 0.6 is 0 Å². The minimum absolute atomic E-state index is 0.357. The summed E-state index contributed by atoms with van der Waals surface area (Å²) in [6.45, 7) is 12.1. The largest absolute Gasteiger partial charge is 0.459 e. The van der Waals surface area contributed by atoms with Crippen LogP contribution in [0.2, 0.25) is 0 Å². The predicted octanol–water partition coefficient (Wildman–Crippen LogP) is 3.03. The molecule has 6 heteroatoms. The van der Waals surface area contributed by atoms with Gasteiger partial charge in [-0.2, -0.15) is 0 Å². The molecule has 96 valence electrons. The summed E-state index contributed by atoms with van der Waals surface area (Å²) in [5, 5.41) is 0. The first-order valence-electron chi connectivity index (χ1n) is 6.28. The zero-order chi connectivity index (χ0) is 13.7. The van der Waals surface area contributed by atoms with Gasteiger partial charge in [0.1, 0.15) is 0 Å². The van der Waals surface area contributed by atoms with E-state index in [4.69, 9.17) is 13.7 Å². The molecule has 1 rings (SSSR count). The quantitative estimate of drug-likeness (QED) is 0.716. The fraction of sp³-hybridized carbons (Fsp3) is 0.500. The summed E-state index contributed by atoms with van der Waals surface area (Å²) >= 11 is 0. The van der Waals surface area contributed by atoms with Gasteiger partial charge in [0.25, 0.3) is 0 Å². The molecule has 0 aromatic rings. The van der Waals surface area contributed by atoms with Crippen molar-refractivity contribution in [3.05, 3.63) is 34.6 Å². The van der Waals surface area contributed by atoms with Gasteiger partial charge >= 0.3 is 21.4 Å². The van der Waals surface area contributed by atoms with Crippen molar-refractivity contribution >= 4 is 21.4 Å². The van der Waals surface area contributed by atoms with Gasteiger partial charge in [0.15, 0.2) is 0 Å². The first-order valence-corrected chi connectivity index (χ1v) is 6.28. The zero-order valence-electron chi connectivity index (χ0n) is 12.2. The van der Waals surface area contributed by atoms with Gasteiger partial charge in [-0.15, -0.1) is 0 Å². The molecular formula is C12H21B3O3. The SMILES string of the molecule is CC(C)=CB1OB(C=C(C)C)OB(C=C(C)C)O1. The van der Waals surface area contributed by atoms with Crippen molar-refractivity contribution in [1.29, 1.82) is 0 Å². The molecule has 0 saturated carbocycles. The highest BCUT2D eigenvalue weighted by Gasteiger charge is 2.37. The van der Waals surface area contributed by atoms with Crippen LogP contribution in [-0.2, 0) is 13.7 Å². The van der Waals surface area contributed by atoms with Crippen LogP contribution in [0.5, 0.6) is 0 Å². The molecule has 0 radical (unpaired) electrons. The Morgan fingerprint density at radius 3 is 0.944 bits per heavy atom. The lowest BCUT2D eigenvalue weighted by Gasteiger charge is -2.27. The summed E-state index contributed by atoms with van der Waals surface area (Å²) in [6.07, 6.45) is 0. The molecule has 1 heterocycles. The summed E-state index contributed by atoms with van der Waals surface area (Å²) in [6, 6.07) is 0. The van der Waals surface area contributed by atoms with Gasteiger partial charge in [-0.1, -0.05) is 34.6 Å². The third-order valence-corrected chi connectivity index (χ3v) is 2.21. The van der Waals surface area contributed by atoms with E-state index in [1.165, 1.54) is 0 Å². The Labute approximate surface area is 112 Å². The molecule has 3 nitrogen and oxygen atoms in total. The lowest BCUT2D eigenvalue weighted by molar-refractivity contribution is 0.305. The van der Waals surface area contributed by atoms with Gasteiger partial charge in [-0.25, -0.2) is 0 Å². The van der Waals surface area contributed by atoms with Crippen molar-refractivity contribution in [2.24, 2.45) is 0 Å². The maximum Gasteiger partial charge on any atom is 0.459 e. The molecule has 0 unspecified atom stereocenters. The molecule has 0 aliphatic carbocycles. The Kier molecular flexibility index (Phi) is 5.99. The molecule has 0 atom stereocenters. The standard InChI is InChI=1S/C12H21B3O3/c1-10(2)7-13-16-14(8-11(3)4)18-15(17-13)9-12(5)6/h7-9H,1-6H3. The Hall–Kier alpha value is -0.705. The van der Waals surface area contributed by atoms with E-state index in [0.717, 1.165) is 16.7 Å². The van der Waals surface area contributed by atoms with Gasteiger partial charge in [-0.3, -0.25) is 0 Å². The molecular weight excluding hydrogens is 225 g/mol. The fourth-order valence-electron chi connectivity index (χ4n) is 1.54. The minimum atomic E-state index is -0.357. The van der Waals surface area contributed by atoms with Crippen LogP contribution in [0.25, 0.3) is 0 Å². The monoisotopic (exact) mass is 246 g/mol. The highest BCUT2D eigenvalue weighted by Crippen LogP contribution is 2.14. The molecule has 0 bridgehead atoms. The van der Waals surface area contributed by atoms with Crippen LogP contribution in [0.1, 0.15) is 41.5 Å². The summed E-state index contributed by atoms with van der Waals surface area (Å²) in [5.74, 6) is 5.88. The van der Waals surface area contributed by atoms with E-state index in [2.05, 4.69) is 0 Å². The van der Waals surface area contributed by atoms with E-state index in [9.17, 15) is 0 Å². The van der Waals surface area contributed by atoms with Crippen LogP contribution in [0, 0.1) is 0 Å². The lowest BCUT2D eigenvalue weighted by Crippen LogP contribution is -2.47. The molecule has 0 aromatic carbocycles. The molecule has 1 fully saturated rings. The van der Waals surface area contributed by atoms with Crippen molar-refractivity contribution in [1.82, 2.24) is 0 Å². The van der Waals surface area contributed by atoms with Crippen LogP contribution in [0.4, 0.5) is 0 Å². The van der Waals surface area contributed by atoms with Crippen LogP contribution in [0.3, 0.4) is 0 Å². The van der Waals surface area contributed by atoms with Crippen molar-refractivity contribution in [3.8, 4) is 0 Å². The van der Waals surface area contributed by atoms with Crippen LogP contribution in [-0.4, -0.2) is 21.4 Å². The van der Waals surface area contributed by atoms with E-state index in [1.54, 1.807) is 0 Å². The maximum atomic E-state index is 5.69. The van der Waals surface area contributed by atoms with E-state index < -0.39 is 0 Å². The number of hydrogen-bond acceptors (Lipinski definition) is 3. The second kappa shape index (κ2) is 7.02. The maximum absolute atomic E-state index is 5.69. The molecule has 0 aromatic heterocycles. The summed E-state index contributed by atoms with van der Waals surface area (Å²) in [5.41, 5.74) is 3.48. The summed E-state index contributed by atoms with van der Waals surface area (Å²) in [4.78, 5) is 0. The van der Waals surface area contributed by atoms with Crippen molar-refractivity contribution < 1.29 is 13.7 Å². The van der Waals surface area contributed by atoms with Gasteiger partial charge < -0.3 is 13.7 Å². The molecule has 1 aliphatic rings. The Morgan fingerprint density at radius 1 is 0.556 bits per heavy atom. The first-order chi connectivity index (χ1) is 8.36. The van der Waals surface area contributed by atoms with Crippen molar-refractivity contribution in [3.63, 3.8) is 0 Å². The lowest BCUT2D eigenvalue weighted by atomic mass is 9.68. The number of allylic oxidation sites excluding steroid dienone is 3. The normalized spacial score (nSPS) is 15.3. The van der Waals surface area contributed by atoms with Gasteiger partial charge in [0.05, 0.1) is 0 Å². The van der Waals surface area contributed by atoms with Gasteiger partial charge in [-0.05, 0) is 41.5 Å². The molecule has 0 N–H and O–H groups in total. The molecule has 0 amide bonds. The third-order valence-electron chi connectivity index (χ3n) is 2.21. The Bertz CT molecular complexity index is 302. The average molecular weight is 246 g/mol. The van der Waals surface area contributed by atoms with Gasteiger partial charge in [0.2, 0.25) is 0 Å². The second-order valence-electron chi connectivity index (χ2n) is 5.25. The second-order valence-corrected chi connectivity index (χ2v) is 5.25. The molecule has 1 saturated heterocycles. The van der Waals surface area contributed by atoms with E-state index in [-0.39, 0.29) is 21.4 Å². The van der Waals surface area contributed by atoms with Gasteiger partial charge in [0, 0.05) is 0 Å². The zero-order valence-corrected chi connectivity index (χ0v) is 12.2. The number of hydrogen-bond donors (Lipinski definition) is 0. The van der Waals surface area contributed by atoms with Crippen LogP contribution < -0.4 is 0 Å². The fourth-order valence-corrected chi connectivity index (χ4v) is 1.54. The first kappa shape index (κ1) is 15.4. The third kappa shape index (κ3) is 5.76. The topological polar surface area (TPSA) is 27.7 Å². The summed E-state index contributed by atoms with van der Waals surface area (Å²) < 4.78 is 17.1. The molecule has 18 heavy (non-hydrogen) atoms. The summed E-state index contributed by atoms with van der Waals surface area (Å²) in [7, 11) is -1.07. The molecule has 1 aliphatic heterocycles.